The van der Waals surface area contributed by atoms with Crippen molar-refractivity contribution in [1.82, 2.24) is 0 Å². The summed E-state index contributed by atoms with van der Waals surface area (Å²) in [5, 5.41) is 0. The lowest BCUT2D eigenvalue weighted by Crippen LogP contribution is -2.51. The predicted molar refractivity (Wildman–Crippen MR) is 70.2 cm³/mol. The SMILES string of the molecule is CC1(C)O[C@H]2[C@@H](O1)[C@@H](c1ccoc1)O[C@@H]1OC(C)(C)O[C@@H]12. The highest BCUT2D eigenvalue weighted by atomic mass is 16.9. The number of hydrogen-bond acceptors (Lipinski definition) is 6. The van der Waals surface area contributed by atoms with Crippen molar-refractivity contribution in [2.45, 2.75) is 70.0 Å². The van der Waals surface area contributed by atoms with E-state index >= 15 is 0 Å². The maximum absolute atomic E-state index is 6.09. The van der Waals surface area contributed by atoms with E-state index in [1.54, 1.807) is 12.5 Å². The fourth-order valence-corrected chi connectivity index (χ4v) is 3.32. The van der Waals surface area contributed by atoms with Gasteiger partial charge < -0.3 is 28.1 Å². The highest BCUT2D eigenvalue weighted by Crippen LogP contribution is 2.48. The Balaban J connectivity index is 1.69. The van der Waals surface area contributed by atoms with Gasteiger partial charge in [0.25, 0.3) is 0 Å². The highest BCUT2D eigenvalue weighted by molar-refractivity contribution is 5.16. The Kier molecular flexibility index (Phi) is 2.81. The predicted octanol–water partition coefficient (Wildman–Crippen LogP) is 2.35. The van der Waals surface area contributed by atoms with E-state index in [0.29, 0.717) is 0 Å². The number of rotatable bonds is 1. The molecule has 6 heteroatoms. The summed E-state index contributed by atoms with van der Waals surface area (Å²) < 4.78 is 35.1. The molecular weight excluding hydrogens is 276 g/mol. The zero-order chi connectivity index (χ0) is 14.8. The molecule has 0 radical (unpaired) electrons. The molecule has 0 amide bonds. The van der Waals surface area contributed by atoms with Gasteiger partial charge in [-0.15, -0.1) is 0 Å². The first-order valence-electron chi connectivity index (χ1n) is 7.23. The molecule has 21 heavy (non-hydrogen) atoms. The van der Waals surface area contributed by atoms with Crippen LogP contribution < -0.4 is 0 Å². The highest BCUT2D eigenvalue weighted by Gasteiger charge is 2.61. The van der Waals surface area contributed by atoms with Crippen molar-refractivity contribution in [1.29, 1.82) is 0 Å². The Bertz CT molecular complexity index is 522. The van der Waals surface area contributed by atoms with Crippen LogP contribution in [-0.4, -0.2) is 36.2 Å². The maximum Gasteiger partial charge on any atom is 0.190 e. The minimum atomic E-state index is -0.693. The minimum Gasteiger partial charge on any atom is -0.472 e. The summed E-state index contributed by atoms with van der Waals surface area (Å²) in [6.45, 7) is 7.54. The molecule has 0 unspecified atom stereocenters. The Morgan fingerprint density at radius 1 is 0.857 bits per heavy atom. The van der Waals surface area contributed by atoms with Crippen LogP contribution in [-0.2, 0) is 23.7 Å². The van der Waals surface area contributed by atoms with E-state index in [2.05, 4.69) is 0 Å². The van der Waals surface area contributed by atoms with Crippen molar-refractivity contribution in [3.63, 3.8) is 0 Å². The topological polar surface area (TPSA) is 59.3 Å². The van der Waals surface area contributed by atoms with Crippen molar-refractivity contribution in [3.05, 3.63) is 24.2 Å². The van der Waals surface area contributed by atoms with Gasteiger partial charge in [0.2, 0.25) is 0 Å². The van der Waals surface area contributed by atoms with E-state index in [1.165, 1.54) is 0 Å². The normalized spacial score (nSPS) is 43.5. The van der Waals surface area contributed by atoms with Crippen LogP contribution in [0, 0.1) is 0 Å². The molecular formula is C15H20O6. The molecule has 0 saturated carbocycles. The average Bonchev–Trinajstić information content (AvgIpc) is 3.02. The van der Waals surface area contributed by atoms with Crippen LogP contribution in [0.15, 0.2) is 23.0 Å². The van der Waals surface area contributed by atoms with Crippen molar-refractivity contribution in [3.8, 4) is 0 Å². The van der Waals surface area contributed by atoms with Gasteiger partial charge in [0.1, 0.15) is 24.4 Å². The number of ether oxygens (including phenoxy) is 5. The number of hydrogen-bond donors (Lipinski definition) is 0. The molecule has 1 aromatic heterocycles. The Labute approximate surface area is 123 Å². The van der Waals surface area contributed by atoms with Gasteiger partial charge in [-0.3, -0.25) is 0 Å². The van der Waals surface area contributed by atoms with Crippen LogP contribution >= 0.6 is 0 Å². The van der Waals surface area contributed by atoms with Crippen molar-refractivity contribution in [2.75, 3.05) is 0 Å². The molecule has 3 aliphatic rings. The first-order valence-corrected chi connectivity index (χ1v) is 7.23. The second-order valence-electron chi connectivity index (χ2n) is 6.65. The molecule has 5 atom stereocenters. The molecule has 4 heterocycles. The molecule has 1 aromatic rings. The van der Waals surface area contributed by atoms with Crippen LogP contribution in [0.1, 0.15) is 39.4 Å². The van der Waals surface area contributed by atoms with E-state index < -0.39 is 17.9 Å². The summed E-state index contributed by atoms with van der Waals surface area (Å²) in [6, 6.07) is 1.87. The minimum absolute atomic E-state index is 0.236. The summed E-state index contributed by atoms with van der Waals surface area (Å²) in [6.07, 6.45) is 1.73. The van der Waals surface area contributed by atoms with Crippen LogP contribution in [0.25, 0.3) is 0 Å². The molecule has 4 rings (SSSR count). The molecule has 0 bridgehead atoms. The van der Waals surface area contributed by atoms with E-state index in [9.17, 15) is 0 Å². The molecule has 116 valence electrons. The molecule has 3 aliphatic heterocycles. The molecule has 0 aromatic carbocycles. The zero-order valence-electron chi connectivity index (χ0n) is 12.6. The van der Waals surface area contributed by atoms with Crippen LogP contribution in [0.2, 0.25) is 0 Å². The lowest BCUT2D eigenvalue weighted by Gasteiger charge is -2.36. The Morgan fingerprint density at radius 3 is 2.24 bits per heavy atom. The van der Waals surface area contributed by atoms with Crippen molar-refractivity contribution < 1.29 is 28.1 Å². The second kappa shape index (κ2) is 4.30. The first kappa shape index (κ1) is 13.7. The fraction of sp³-hybridized carbons (Fsp3) is 0.733. The molecule has 0 spiro atoms. The van der Waals surface area contributed by atoms with Gasteiger partial charge in [-0.25, -0.2) is 0 Å². The van der Waals surface area contributed by atoms with Gasteiger partial charge >= 0.3 is 0 Å². The largest absolute Gasteiger partial charge is 0.472 e. The van der Waals surface area contributed by atoms with Gasteiger partial charge in [-0.05, 0) is 33.8 Å². The van der Waals surface area contributed by atoms with E-state index in [1.807, 2.05) is 33.8 Å². The van der Waals surface area contributed by atoms with Gasteiger partial charge in [-0.2, -0.15) is 0 Å². The lowest BCUT2D eigenvalue weighted by molar-refractivity contribution is -0.236. The molecule has 0 N–H and O–H groups in total. The lowest BCUT2D eigenvalue weighted by atomic mass is 9.95. The third kappa shape index (κ3) is 2.22. The summed E-state index contributed by atoms with van der Waals surface area (Å²) >= 11 is 0. The standard InChI is InChI=1S/C15H20O6/c1-14(2)18-10-9(8-5-6-16-7-8)17-13-12(11(10)19-14)20-15(3,4)21-13/h5-7,9-13H,1-4H3/t9-,10+,11+,12-,13-/m1/s1. The van der Waals surface area contributed by atoms with Gasteiger partial charge in [0, 0.05) is 5.56 Å². The van der Waals surface area contributed by atoms with Gasteiger partial charge in [0.05, 0.1) is 12.5 Å². The van der Waals surface area contributed by atoms with E-state index in [0.717, 1.165) is 5.56 Å². The average molecular weight is 296 g/mol. The quantitative estimate of drug-likeness (QED) is 0.793. The van der Waals surface area contributed by atoms with Crippen LogP contribution in [0.3, 0.4) is 0 Å². The monoisotopic (exact) mass is 296 g/mol. The van der Waals surface area contributed by atoms with Crippen molar-refractivity contribution in [2.24, 2.45) is 0 Å². The maximum atomic E-state index is 6.09. The summed E-state index contributed by atoms with van der Waals surface area (Å²) in [7, 11) is 0. The van der Waals surface area contributed by atoms with Gasteiger partial charge in [-0.1, -0.05) is 0 Å². The van der Waals surface area contributed by atoms with Crippen LogP contribution in [0.5, 0.6) is 0 Å². The molecule has 3 fully saturated rings. The third-order valence-electron chi connectivity index (χ3n) is 4.03. The number of furan rings is 1. The molecule has 3 saturated heterocycles. The Hall–Kier alpha value is -0.920. The van der Waals surface area contributed by atoms with Crippen molar-refractivity contribution >= 4 is 0 Å². The van der Waals surface area contributed by atoms with E-state index in [-0.39, 0.29) is 24.4 Å². The fourth-order valence-electron chi connectivity index (χ4n) is 3.32. The number of fused-ring (bicyclic) bond motifs is 3. The smallest absolute Gasteiger partial charge is 0.190 e. The summed E-state index contributed by atoms with van der Waals surface area (Å²) in [4.78, 5) is 0. The first-order chi connectivity index (χ1) is 9.85. The summed E-state index contributed by atoms with van der Waals surface area (Å²) in [5.41, 5.74) is 0.915. The molecule has 0 aliphatic carbocycles. The van der Waals surface area contributed by atoms with Gasteiger partial charge in [0.15, 0.2) is 17.9 Å². The summed E-state index contributed by atoms with van der Waals surface area (Å²) in [5.74, 6) is -1.37. The van der Waals surface area contributed by atoms with Crippen LogP contribution in [0.4, 0.5) is 0 Å². The Morgan fingerprint density at radius 2 is 1.52 bits per heavy atom. The molecule has 6 nitrogen and oxygen atoms in total. The zero-order valence-corrected chi connectivity index (χ0v) is 12.6. The third-order valence-corrected chi connectivity index (χ3v) is 4.03. The second-order valence-corrected chi connectivity index (χ2v) is 6.65. The van der Waals surface area contributed by atoms with E-state index in [4.69, 9.17) is 28.1 Å².